The molecule has 21 heavy (non-hydrogen) atoms. The molecule has 4 heteroatoms. The van der Waals surface area contributed by atoms with Gasteiger partial charge in [-0.2, -0.15) is 0 Å². The number of benzene rings is 1. The number of hydrogen-bond acceptors (Lipinski definition) is 3. The summed E-state index contributed by atoms with van der Waals surface area (Å²) in [5, 5.41) is 4.79. The Morgan fingerprint density at radius 1 is 1.33 bits per heavy atom. The van der Waals surface area contributed by atoms with Gasteiger partial charge in [-0.3, -0.25) is 0 Å². The lowest BCUT2D eigenvalue weighted by Crippen LogP contribution is -2.66. The van der Waals surface area contributed by atoms with Gasteiger partial charge in [0, 0.05) is 39.9 Å². The summed E-state index contributed by atoms with van der Waals surface area (Å²) in [6.07, 6.45) is 2.84. The zero-order chi connectivity index (χ0) is 14.6. The second kappa shape index (κ2) is 5.16. The van der Waals surface area contributed by atoms with Crippen LogP contribution in [-0.2, 0) is 4.74 Å². The lowest BCUT2D eigenvalue weighted by Gasteiger charge is -2.56. The van der Waals surface area contributed by atoms with Crippen LogP contribution in [0.1, 0.15) is 38.3 Å². The fourth-order valence-corrected chi connectivity index (χ4v) is 5.70. The largest absolute Gasteiger partial charge is 0.377 e. The number of hydrogen-bond donors (Lipinski definition) is 1. The van der Waals surface area contributed by atoms with Crippen molar-refractivity contribution in [1.29, 1.82) is 0 Å². The molecule has 0 aromatic heterocycles. The van der Waals surface area contributed by atoms with Crippen molar-refractivity contribution in [1.82, 2.24) is 5.32 Å². The van der Waals surface area contributed by atoms with Gasteiger partial charge < -0.3 is 10.1 Å². The minimum Gasteiger partial charge on any atom is -0.377 e. The molecule has 114 valence electrons. The lowest BCUT2D eigenvalue weighted by molar-refractivity contribution is -0.115. The van der Waals surface area contributed by atoms with Gasteiger partial charge in [-0.15, -0.1) is 11.8 Å². The third kappa shape index (κ3) is 2.24. The van der Waals surface area contributed by atoms with E-state index < -0.39 is 0 Å². The normalized spacial score (nSPS) is 36.7. The Kier molecular flexibility index (Phi) is 3.53. The zero-order valence-electron chi connectivity index (χ0n) is 12.6. The number of halogens is 1. The monoisotopic (exact) mass is 323 g/mol. The molecule has 1 aromatic carbocycles. The highest BCUT2D eigenvalue weighted by molar-refractivity contribution is 7.99. The fourth-order valence-electron chi connectivity index (χ4n) is 4.42. The molecule has 2 fully saturated rings. The minimum atomic E-state index is 0.241. The van der Waals surface area contributed by atoms with Gasteiger partial charge in [0.05, 0.1) is 6.10 Å². The van der Waals surface area contributed by atoms with Gasteiger partial charge in [-0.1, -0.05) is 25.4 Å². The van der Waals surface area contributed by atoms with Crippen LogP contribution in [-0.4, -0.2) is 24.5 Å². The van der Waals surface area contributed by atoms with Gasteiger partial charge in [0.1, 0.15) is 0 Å². The van der Waals surface area contributed by atoms with E-state index in [1.54, 1.807) is 0 Å². The van der Waals surface area contributed by atoms with Crippen molar-refractivity contribution in [3.8, 4) is 0 Å². The van der Waals surface area contributed by atoms with E-state index in [0.717, 1.165) is 11.6 Å². The lowest BCUT2D eigenvalue weighted by atomic mass is 9.57. The number of rotatable bonds is 2. The molecule has 4 unspecified atom stereocenters. The summed E-state index contributed by atoms with van der Waals surface area (Å²) in [6.45, 7) is 5.61. The maximum Gasteiger partial charge on any atom is 0.0685 e. The molecule has 3 aliphatic rings. The first kappa shape index (κ1) is 14.4. The zero-order valence-corrected chi connectivity index (χ0v) is 14.1. The Morgan fingerprint density at radius 3 is 3.05 bits per heavy atom. The maximum atomic E-state index is 6.21. The third-order valence-electron chi connectivity index (χ3n) is 5.49. The first-order valence-corrected chi connectivity index (χ1v) is 9.23. The van der Waals surface area contributed by atoms with Crippen molar-refractivity contribution in [3.05, 3.63) is 28.8 Å². The van der Waals surface area contributed by atoms with Crippen molar-refractivity contribution in [3.63, 3.8) is 0 Å². The number of nitrogens with one attached hydrogen (secondary N) is 1. The standard InChI is InChI=1S/C17H22ClNOS/c1-17(2)15(11-5-7-20-16(11)17)19-13-6-8-21-14-4-3-10(18)9-12(13)14/h3-4,9,11,13,15-16,19H,5-8H2,1-2H3. The Morgan fingerprint density at radius 2 is 2.19 bits per heavy atom. The van der Waals surface area contributed by atoms with E-state index in [4.69, 9.17) is 16.3 Å². The van der Waals surface area contributed by atoms with E-state index in [-0.39, 0.29) is 5.41 Å². The summed E-state index contributed by atoms with van der Waals surface area (Å²) >= 11 is 8.16. The Bertz CT molecular complexity index is 562. The van der Waals surface area contributed by atoms with E-state index in [9.17, 15) is 0 Å². The molecule has 2 nitrogen and oxygen atoms in total. The highest BCUT2D eigenvalue weighted by Gasteiger charge is 2.59. The SMILES string of the molecule is CC1(C)C(NC2CCSc3ccc(Cl)cc32)C2CCOC21. The molecule has 4 atom stereocenters. The molecule has 0 bridgehead atoms. The highest BCUT2D eigenvalue weighted by atomic mass is 35.5. The van der Waals surface area contributed by atoms with Gasteiger partial charge in [0.15, 0.2) is 0 Å². The molecular weight excluding hydrogens is 302 g/mol. The topological polar surface area (TPSA) is 21.3 Å². The van der Waals surface area contributed by atoms with Crippen molar-refractivity contribution >= 4 is 23.4 Å². The first-order valence-electron chi connectivity index (χ1n) is 7.87. The number of ether oxygens (including phenoxy) is 1. The number of thioether (sulfide) groups is 1. The van der Waals surface area contributed by atoms with E-state index in [2.05, 4.69) is 31.3 Å². The maximum absolute atomic E-state index is 6.21. The highest BCUT2D eigenvalue weighted by Crippen LogP contribution is 2.53. The molecule has 1 aliphatic carbocycles. The smallest absolute Gasteiger partial charge is 0.0685 e. The predicted molar refractivity (Wildman–Crippen MR) is 88.1 cm³/mol. The van der Waals surface area contributed by atoms with Gasteiger partial charge in [0.2, 0.25) is 0 Å². The molecule has 0 radical (unpaired) electrons. The van der Waals surface area contributed by atoms with Crippen LogP contribution >= 0.6 is 23.4 Å². The van der Waals surface area contributed by atoms with Crippen LogP contribution in [0.15, 0.2) is 23.1 Å². The van der Waals surface area contributed by atoms with Crippen LogP contribution in [0.3, 0.4) is 0 Å². The van der Waals surface area contributed by atoms with E-state index in [1.807, 2.05) is 17.8 Å². The van der Waals surface area contributed by atoms with Crippen LogP contribution in [0, 0.1) is 11.3 Å². The van der Waals surface area contributed by atoms with E-state index in [1.165, 1.54) is 29.1 Å². The second-order valence-electron chi connectivity index (χ2n) is 7.08. The summed E-state index contributed by atoms with van der Waals surface area (Å²) in [5.74, 6) is 1.88. The molecule has 0 spiro atoms. The van der Waals surface area contributed by atoms with Crippen molar-refractivity contribution in [2.75, 3.05) is 12.4 Å². The van der Waals surface area contributed by atoms with Crippen LogP contribution in [0.2, 0.25) is 5.02 Å². The quantitative estimate of drug-likeness (QED) is 0.877. The predicted octanol–water partition coefficient (Wildman–Crippen LogP) is 4.28. The summed E-state index contributed by atoms with van der Waals surface area (Å²) in [5.41, 5.74) is 1.63. The average Bonchev–Trinajstić information content (AvgIpc) is 2.92. The molecule has 1 saturated carbocycles. The third-order valence-corrected chi connectivity index (χ3v) is 6.85. The fraction of sp³-hybridized carbons (Fsp3) is 0.647. The molecular formula is C17H22ClNOS. The number of fused-ring (bicyclic) bond motifs is 2. The Balaban J connectivity index is 1.58. The molecule has 1 saturated heterocycles. The van der Waals surface area contributed by atoms with Crippen LogP contribution in [0.4, 0.5) is 0 Å². The van der Waals surface area contributed by atoms with E-state index >= 15 is 0 Å². The average molecular weight is 324 g/mol. The summed E-state index contributed by atoms with van der Waals surface area (Å²) in [4.78, 5) is 1.39. The molecule has 4 rings (SSSR count). The Hall–Kier alpha value is -0.220. The van der Waals surface area contributed by atoms with Crippen LogP contribution < -0.4 is 5.32 Å². The Labute approximate surface area is 136 Å². The van der Waals surface area contributed by atoms with Crippen LogP contribution in [0.5, 0.6) is 0 Å². The summed E-state index contributed by atoms with van der Waals surface area (Å²) in [6, 6.07) is 7.32. The molecule has 2 heterocycles. The van der Waals surface area contributed by atoms with E-state index in [0.29, 0.717) is 24.1 Å². The summed E-state index contributed by atoms with van der Waals surface area (Å²) in [7, 11) is 0. The molecule has 0 amide bonds. The second-order valence-corrected chi connectivity index (χ2v) is 8.65. The van der Waals surface area contributed by atoms with Gasteiger partial charge in [0.25, 0.3) is 0 Å². The molecule has 1 N–H and O–H groups in total. The molecule has 2 aliphatic heterocycles. The van der Waals surface area contributed by atoms with Gasteiger partial charge >= 0.3 is 0 Å². The van der Waals surface area contributed by atoms with Crippen molar-refractivity contribution < 1.29 is 4.74 Å². The van der Waals surface area contributed by atoms with Crippen LogP contribution in [0.25, 0.3) is 0 Å². The minimum absolute atomic E-state index is 0.241. The molecule has 1 aromatic rings. The van der Waals surface area contributed by atoms with Gasteiger partial charge in [-0.25, -0.2) is 0 Å². The van der Waals surface area contributed by atoms with Crippen molar-refractivity contribution in [2.24, 2.45) is 11.3 Å². The summed E-state index contributed by atoms with van der Waals surface area (Å²) < 4.78 is 5.91. The first-order chi connectivity index (χ1) is 10.1. The van der Waals surface area contributed by atoms with Gasteiger partial charge in [-0.05, 0) is 42.4 Å². The van der Waals surface area contributed by atoms with Crippen molar-refractivity contribution in [2.45, 2.75) is 49.8 Å².